The minimum Gasteiger partial charge on any atom is -0.371 e. The monoisotopic (exact) mass is 926 g/mol. The number of imide groups is 2. The first-order valence-electron chi connectivity index (χ1n) is 24.2. The highest BCUT2D eigenvalue weighted by atomic mass is 16.2. The highest BCUT2D eigenvalue weighted by molar-refractivity contribution is 6.23. The van der Waals surface area contributed by atoms with Crippen LogP contribution >= 0.6 is 0 Å². The number of nitrogens with one attached hydrogen (secondary N) is 2. The maximum atomic E-state index is 13.6. The number of carbonyl (C=O) groups excluding carboxylic acids is 6. The first kappa shape index (κ1) is 45.0. The molecule has 356 valence electrons. The summed E-state index contributed by atoms with van der Waals surface area (Å²) in [5.74, 6) is -0.784. The van der Waals surface area contributed by atoms with E-state index < -0.39 is 29.7 Å². The van der Waals surface area contributed by atoms with Gasteiger partial charge in [0.15, 0.2) is 5.78 Å². The van der Waals surface area contributed by atoms with Gasteiger partial charge < -0.3 is 24.9 Å². The lowest BCUT2D eigenvalue weighted by atomic mass is 9.92. The molecule has 1 aliphatic carbocycles. The molecule has 8 heterocycles. The topological polar surface area (TPSA) is 207 Å². The van der Waals surface area contributed by atoms with Gasteiger partial charge >= 0.3 is 6.03 Å². The van der Waals surface area contributed by atoms with Crippen LogP contribution < -0.4 is 26.0 Å². The Kier molecular flexibility index (Phi) is 12.4. The second-order valence-electron chi connectivity index (χ2n) is 19.1. The minimum absolute atomic E-state index is 0.00669. The molecule has 0 bridgehead atoms. The number of amides is 6. The van der Waals surface area contributed by atoms with Crippen LogP contribution in [0.15, 0.2) is 47.5 Å². The summed E-state index contributed by atoms with van der Waals surface area (Å²) in [6.07, 6.45) is 10.6. The van der Waals surface area contributed by atoms with Crippen molar-refractivity contribution in [3.8, 4) is 0 Å². The van der Waals surface area contributed by atoms with Crippen LogP contribution in [0.25, 0.3) is 11.0 Å². The van der Waals surface area contributed by atoms with E-state index in [1.807, 2.05) is 34.2 Å². The van der Waals surface area contributed by atoms with Gasteiger partial charge in [0.1, 0.15) is 17.5 Å². The van der Waals surface area contributed by atoms with Crippen molar-refractivity contribution in [1.29, 1.82) is 0 Å². The van der Waals surface area contributed by atoms with Crippen LogP contribution in [0.2, 0.25) is 0 Å². The fourth-order valence-electron chi connectivity index (χ4n) is 11.1. The molecule has 1 saturated carbocycles. The van der Waals surface area contributed by atoms with Crippen molar-refractivity contribution in [3.05, 3.63) is 75.3 Å². The number of pyridine rings is 2. The highest BCUT2D eigenvalue weighted by Gasteiger charge is 2.45. The summed E-state index contributed by atoms with van der Waals surface area (Å²) in [5, 5.41) is 6.14. The Balaban J connectivity index is 0.658. The van der Waals surface area contributed by atoms with Crippen molar-refractivity contribution in [2.75, 3.05) is 87.1 Å². The second kappa shape index (κ2) is 18.7. The van der Waals surface area contributed by atoms with E-state index in [-0.39, 0.29) is 41.8 Å². The molecule has 6 amide bonds. The van der Waals surface area contributed by atoms with E-state index in [1.165, 1.54) is 6.92 Å². The molecule has 5 fully saturated rings. The Labute approximate surface area is 393 Å². The number of piperazine rings is 2. The number of carbonyl (C=O) groups is 6. The fraction of sp³-hybridized carbons (Fsp3) is 0.510. The van der Waals surface area contributed by atoms with Crippen LogP contribution in [-0.4, -0.2) is 153 Å². The quantitative estimate of drug-likeness (QED) is 0.170. The number of Topliss-reactive ketones (excluding diaryl/α,β-unsaturated/α-hetero) is 1. The zero-order valence-electron chi connectivity index (χ0n) is 38.7. The summed E-state index contributed by atoms with van der Waals surface area (Å²) in [5.41, 5.74) is 3.49. The van der Waals surface area contributed by atoms with Crippen LogP contribution in [0.1, 0.15) is 107 Å². The third-order valence-corrected chi connectivity index (χ3v) is 15.1. The SMILES string of the molecule is CC(=O)c1c(C)c2cnc(Nc3ccc(N4CCN(C(=O)N5CCN(CCC6CCN(c7ccc8c(c7)C(=O)N(C7CCC(=O)NC7=O)C8=O)CC6)CC5)CC4)cn3)nc2n(C2CCCC2)c1=O. The molecule has 0 radical (unpaired) electrons. The summed E-state index contributed by atoms with van der Waals surface area (Å²) < 4.78 is 1.70. The lowest BCUT2D eigenvalue weighted by Crippen LogP contribution is -2.57. The lowest BCUT2D eigenvalue weighted by Gasteiger charge is -2.41. The van der Waals surface area contributed by atoms with Gasteiger partial charge in [-0.25, -0.2) is 14.8 Å². The molecular weight excluding hydrogens is 869 g/mol. The number of fused-ring (bicyclic) bond motifs is 2. The normalized spacial score (nSPS) is 21.0. The largest absolute Gasteiger partial charge is 0.371 e. The molecule has 5 aliphatic heterocycles. The smallest absolute Gasteiger partial charge is 0.320 e. The number of piperidine rings is 2. The third-order valence-electron chi connectivity index (χ3n) is 15.1. The van der Waals surface area contributed by atoms with Crippen LogP contribution in [0.5, 0.6) is 0 Å². The average Bonchev–Trinajstić information content (AvgIpc) is 3.97. The lowest BCUT2D eigenvalue weighted by molar-refractivity contribution is -0.136. The number of aromatic nitrogens is 4. The Morgan fingerprint density at radius 3 is 2.10 bits per heavy atom. The number of hydrogen-bond acceptors (Lipinski definition) is 14. The van der Waals surface area contributed by atoms with E-state index in [0.717, 1.165) is 93.9 Å². The van der Waals surface area contributed by atoms with Gasteiger partial charge in [-0.15, -0.1) is 0 Å². The Morgan fingerprint density at radius 1 is 0.750 bits per heavy atom. The van der Waals surface area contributed by atoms with E-state index in [0.29, 0.717) is 84.7 Å². The molecule has 1 atom stereocenters. The van der Waals surface area contributed by atoms with E-state index in [9.17, 15) is 33.6 Å². The van der Waals surface area contributed by atoms with Gasteiger partial charge in [0.05, 0.1) is 28.6 Å². The molecular formula is C49H58N12O7. The Bertz CT molecular complexity index is 2730. The Morgan fingerprint density at radius 2 is 1.43 bits per heavy atom. The molecule has 4 aromatic rings. The molecule has 0 spiro atoms. The van der Waals surface area contributed by atoms with Crippen molar-refractivity contribution in [1.82, 2.24) is 44.4 Å². The highest BCUT2D eigenvalue weighted by Crippen LogP contribution is 2.34. The number of rotatable bonds is 10. The number of benzene rings is 1. The third kappa shape index (κ3) is 8.67. The van der Waals surface area contributed by atoms with Gasteiger partial charge in [0.25, 0.3) is 17.4 Å². The summed E-state index contributed by atoms with van der Waals surface area (Å²) in [6.45, 7) is 11.6. The van der Waals surface area contributed by atoms with Crippen molar-refractivity contribution in [2.24, 2.45) is 5.92 Å². The number of urea groups is 1. The minimum atomic E-state index is -0.978. The number of aryl methyl sites for hydroxylation is 1. The van der Waals surface area contributed by atoms with E-state index >= 15 is 0 Å². The summed E-state index contributed by atoms with van der Waals surface area (Å²) in [7, 11) is 0. The summed E-state index contributed by atoms with van der Waals surface area (Å²) in [4.78, 5) is 116. The van der Waals surface area contributed by atoms with E-state index in [2.05, 4.69) is 35.3 Å². The molecule has 10 rings (SSSR count). The summed E-state index contributed by atoms with van der Waals surface area (Å²) >= 11 is 0. The van der Waals surface area contributed by atoms with Gasteiger partial charge in [0, 0.05) is 95.2 Å². The fourth-order valence-corrected chi connectivity index (χ4v) is 11.1. The molecule has 3 aromatic heterocycles. The van der Waals surface area contributed by atoms with Crippen LogP contribution in [0.3, 0.4) is 0 Å². The molecule has 6 aliphatic rings. The van der Waals surface area contributed by atoms with Crippen molar-refractivity contribution in [2.45, 2.75) is 83.7 Å². The maximum Gasteiger partial charge on any atom is 0.320 e. The van der Waals surface area contributed by atoms with Gasteiger partial charge in [-0.1, -0.05) is 12.8 Å². The van der Waals surface area contributed by atoms with E-state index in [4.69, 9.17) is 4.98 Å². The summed E-state index contributed by atoms with van der Waals surface area (Å²) in [6, 6.07) is 8.32. The van der Waals surface area contributed by atoms with Crippen molar-refractivity contribution >= 4 is 69.6 Å². The first-order chi connectivity index (χ1) is 32.9. The van der Waals surface area contributed by atoms with Gasteiger partial charge in [0.2, 0.25) is 17.8 Å². The zero-order chi connectivity index (χ0) is 47.2. The van der Waals surface area contributed by atoms with Gasteiger partial charge in [-0.2, -0.15) is 4.98 Å². The predicted octanol–water partition coefficient (Wildman–Crippen LogP) is 4.12. The molecule has 68 heavy (non-hydrogen) atoms. The van der Waals surface area contributed by atoms with Crippen molar-refractivity contribution < 1.29 is 28.8 Å². The maximum absolute atomic E-state index is 13.6. The predicted molar refractivity (Wildman–Crippen MR) is 253 cm³/mol. The molecule has 2 N–H and O–H groups in total. The van der Waals surface area contributed by atoms with E-state index in [1.54, 1.807) is 29.8 Å². The molecule has 19 nitrogen and oxygen atoms in total. The number of nitrogens with zero attached hydrogens (tertiary/aromatic N) is 10. The Hall–Kier alpha value is -6.76. The number of ketones is 1. The number of anilines is 4. The first-order valence-corrected chi connectivity index (χ1v) is 24.2. The van der Waals surface area contributed by atoms with Gasteiger partial charge in [-0.05, 0) is 101 Å². The van der Waals surface area contributed by atoms with Crippen LogP contribution in [0, 0.1) is 12.8 Å². The molecule has 4 saturated heterocycles. The van der Waals surface area contributed by atoms with Crippen molar-refractivity contribution in [3.63, 3.8) is 0 Å². The molecule has 19 heteroatoms. The number of hydrogen-bond donors (Lipinski definition) is 2. The van der Waals surface area contributed by atoms with Crippen LogP contribution in [-0.2, 0) is 9.59 Å². The average molecular weight is 927 g/mol. The standard InChI is InChI=1S/C49H58N12O7/c1-30-38-29-51-48(54-43(38)60(33-5-3-4-6-33)47(67)42(30)31(2)62)52-40-11-8-35(28-50-40)57-23-25-59(26-24-57)49(68)58-21-19-55(20-22-58)16-13-32-14-17-56(18-15-32)34-7-9-36-37(27-34)46(66)61(45(36)65)39-10-12-41(63)53-44(39)64/h7-9,11,27-29,32-33,39H,3-6,10,12-26H2,1-2H3,(H,53,63,64)(H,50,51,52,54). The van der Waals surface area contributed by atoms with Gasteiger partial charge in [-0.3, -0.25) is 48.5 Å². The van der Waals surface area contributed by atoms with Crippen LogP contribution in [0.4, 0.5) is 27.9 Å². The zero-order valence-corrected chi connectivity index (χ0v) is 38.7. The molecule has 1 aromatic carbocycles. The molecule has 1 unspecified atom stereocenters. The second-order valence-corrected chi connectivity index (χ2v) is 19.1.